The van der Waals surface area contributed by atoms with Gasteiger partial charge < -0.3 is 10.5 Å². The lowest BCUT2D eigenvalue weighted by Gasteiger charge is -2.03. The first-order valence-electron chi connectivity index (χ1n) is 3.14. The fourth-order valence-electron chi connectivity index (χ4n) is 0.769. The maximum Gasteiger partial charge on any atom is 0.335 e. The van der Waals surface area contributed by atoms with Crippen molar-refractivity contribution < 1.29 is 9.90 Å². The van der Waals surface area contributed by atoms with Crippen molar-refractivity contribution in [2.45, 2.75) is 0 Å². The molecule has 1 aromatic rings. The molecular weight excluding hydrogens is 215 g/mol. The van der Waals surface area contributed by atoms with E-state index in [1.165, 1.54) is 18.2 Å². The molecule has 0 aliphatic rings. The highest BCUT2D eigenvalue weighted by atomic mass is 35.5. The van der Waals surface area contributed by atoms with Gasteiger partial charge in [-0.2, -0.15) is 0 Å². The number of hydrogen-bond acceptors (Lipinski definition) is 3. The van der Waals surface area contributed by atoms with E-state index < -0.39 is 5.97 Å². The third-order valence-corrected chi connectivity index (χ3v) is 1.70. The third kappa shape index (κ3) is 2.77. The standard InChI is InChI=1S/C7H7ClN2O2.ClH/c8-5-2-1-4(7(11)12)3-6(5)10-9;/h1-3,10H,9H2,(H,11,12);1H. The van der Waals surface area contributed by atoms with Crippen molar-refractivity contribution in [2.24, 2.45) is 5.84 Å². The summed E-state index contributed by atoms with van der Waals surface area (Å²) in [6, 6.07) is 4.25. The number of nitrogens with one attached hydrogen (secondary N) is 1. The summed E-state index contributed by atoms with van der Waals surface area (Å²) in [5, 5.41) is 8.98. The molecule has 0 amide bonds. The Balaban J connectivity index is 0.00000144. The van der Waals surface area contributed by atoms with Gasteiger partial charge in [0.1, 0.15) is 0 Å². The molecule has 0 saturated carbocycles. The van der Waals surface area contributed by atoms with Gasteiger partial charge in [0.05, 0.1) is 16.3 Å². The van der Waals surface area contributed by atoms with E-state index in [9.17, 15) is 4.79 Å². The molecule has 0 spiro atoms. The van der Waals surface area contributed by atoms with Crippen molar-refractivity contribution in [1.29, 1.82) is 0 Å². The molecule has 6 heteroatoms. The average Bonchev–Trinajstić information content (AvgIpc) is 2.05. The summed E-state index contributed by atoms with van der Waals surface area (Å²) in [4.78, 5) is 10.5. The Bertz CT molecular complexity index is 317. The second-order valence-corrected chi connectivity index (χ2v) is 2.55. The van der Waals surface area contributed by atoms with E-state index in [-0.39, 0.29) is 18.0 Å². The lowest BCUT2D eigenvalue weighted by molar-refractivity contribution is 0.0697. The number of aromatic carboxylic acids is 1. The number of rotatable bonds is 2. The number of carbonyl (C=O) groups is 1. The van der Waals surface area contributed by atoms with Crippen LogP contribution in [0.4, 0.5) is 5.69 Å². The van der Waals surface area contributed by atoms with Crippen molar-refractivity contribution in [1.82, 2.24) is 0 Å². The summed E-state index contributed by atoms with van der Waals surface area (Å²) >= 11 is 5.67. The van der Waals surface area contributed by atoms with Crippen LogP contribution in [-0.2, 0) is 0 Å². The minimum absolute atomic E-state index is 0. The molecule has 4 N–H and O–H groups in total. The molecule has 0 unspecified atom stereocenters. The first kappa shape index (κ1) is 12.0. The van der Waals surface area contributed by atoms with E-state index in [0.717, 1.165) is 0 Å². The molecule has 13 heavy (non-hydrogen) atoms. The van der Waals surface area contributed by atoms with Gasteiger partial charge in [-0.15, -0.1) is 12.4 Å². The van der Waals surface area contributed by atoms with Crippen molar-refractivity contribution in [3.8, 4) is 0 Å². The Morgan fingerprint density at radius 3 is 2.62 bits per heavy atom. The number of carboxylic acid groups (broad SMARTS) is 1. The van der Waals surface area contributed by atoms with Gasteiger partial charge in [-0.1, -0.05) is 11.6 Å². The fraction of sp³-hybridized carbons (Fsp3) is 0. The molecule has 0 saturated heterocycles. The summed E-state index contributed by atoms with van der Waals surface area (Å²) in [7, 11) is 0. The summed E-state index contributed by atoms with van der Waals surface area (Å²) in [5.41, 5.74) is 2.84. The van der Waals surface area contributed by atoms with E-state index in [4.69, 9.17) is 22.6 Å². The Kier molecular flexibility index (Phi) is 4.55. The van der Waals surface area contributed by atoms with Gasteiger partial charge in [0.2, 0.25) is 0 Å². The molecule has 0 fully saturated rings. The Hall–Kier alpha value is -0.970. The first-order chi connectivity index (χ1) is 5.65. The molecule has 0 heterocycles. The molecule has 1 aromatic carbocycles. The van der Waals surface area contributed by atoms with E-state index in [1.807, 2.05) is 0 Å². The van der Waals surface area contributed by atoms with Crippen LogP contribution in [0.5, 0.6) is 0 Å². The van der Waals surface area contributed by atoms with Crippen LogP contribution in [0.1, 0.15) is 10.4 Å². The first-order valence-corrected chi connectivity index (χ1v) is 3.52. The van der Waals surface area contributed by atoms with Gasteiger partial charge in [0, 0.05) is 0 Å². The Morgan fingerprint density at radius 1 is 1.54 bits per heavy atom. The van der Waals surface area contributed by atoms with Crippen LogP contribution in [0, 0.1) is 0 Å². The molecule has 0 aromatic heterocycles. The lowest BCUT2D eigenvalue weighted by atomic mass is 10.2. The zero-order chi connectivity index (χ0) is 9.14. The lowest BCUT2D eigenvalue weighted by Crippen LogP contribution is -2.08. The van der Waals surface area contributed by atoms with Crippen molar-refractivity contribution in [3.05, 3.63) is 28.8 Å². The SMILES string of the molecule is Cl.NNc1cc(C(=O)O)ccc1Cl. The van der Waals surface area contributed by atoms with Crippen LogP contribution in [0.15, 0.2) is 18.2 Å². The summed E-state index contributed by atoms with van der Waals surface area (Å²) in [5.74, 6) is 4.08. The molecule has 0 radical (unpaired) electrons. The minimum atomic E-state index is -1.01. The highest BCUT2D eigenvalue weighted by Crippen LogP contribution is 2.21. The molecule has 0 bridgehead atoms. The van der Waals surface area contributed by atoms with Gasteiger partial charge in [0.15, 0.2) is 0 Å². The van der Waals surface area contributed by atoms with Gasteiger partial charge in [0.25, 0.3) is 0 Å². The van der Waals surface area contributed by atoms with Crippen molar-refractivity contribution >= 4 is 35.7 Å². The topological polar surface area (TPSA) is 75.3 Å². The zero-order valence-corrected chi connectivity index (χ0v) is 8.02. The second kappa shape index (κ2) is 4.91. The molecule has 0 aliphatic heterocycles. The minimum Gasteiger partial charge on any atom is -0.478 e. The van der Waals surface area contributed by atoms with Crippen molar-refractivity contribution in [2.75, 3.05) is 5.43 Å². The van der Waals surface area contributed by atoms with E-state index in [0.29, 0.717) is 10.7 Å². The summed E-state index contributed by atoms with van der Waals surface area (Å²) in [6.07, 6.45) is 0. The number of nitrogen functional groups attached to an aromatic ring is 1. The zero-order valence-electron chi connectivity index (χ0n) is 6.45. The fourth-order valence-corrected chi connectivity index (χ4v) is 0.941. The number of anilines is 1. The number of hydrazine groups is 1. The van der Waals surface area contributed by atoms with Gasteiger partial charge in [-0.3, -0.25) is 5.84 Å². The predicted octanol–water partition coefficient (Wildman–Crippen LogP) is 1.75. The molecule has 4 nitrogen and oxygen atoms in total. The number of halogens is 2. The summed E-state index contributed by atoms with van der Waals surface area (Å²) in [6.45, 7) is 0. The van der Waals surface area contributed by atoms with Crippen LogP contribution >= 0.6 is 24.0 Å². The average molecular weight is 223 g/mol. The maximum absolute atomic E-state index is 10.5. The molecule has 1 rings (SSSR count). The van der Waals surface area contributed by atoms with Crippen LogP contribution < -0.4 is 11.3 Å². The molecule has 0 atom stereocenters. The predicted molar refractivity (Wildman–Crippen MR) is 53.5 cm³/mol. The van der Waals surface area contributed by atoms with Crippen LogP contribution in [-0.4, -0.2) is 11.1 Å². The van der Waals surface area contributed by atoms with E-state index in [2.05, 4.69) is 5.43 Å². The second-order valence-electron chi connectivity index (χ2n) is 2.14. The Morgan fingerprint density at radius 2 is 2.15 bits per heavy atom. The van der Waals surface area contributed by atoms with E-state index >= 15 is 0 Å². The molecular formula is C7H8Cl2N2O2. The van der Waals surface area contributed by atoms with Crippen LogP contribution in [0.2, 0.25) is 5.02 Å². The third-order valence-electron chi connectivity index (χ3n) is 1.37. The van der Waals surface area contributed by atoms with Gasteiger partial charge in [-0.25, -0.2) is 4.79 Å². The monoisotopic (exact) mass is 222 g/mol. The molecule has 72 valence electrons. The van der Waals surface area contributed by atoms with Crippen molar-refractivity contribution in [3.63, 3.8) is 0 Å². The largest absolute Gasteiger partial charge is 0.478 e. The normalized spacial score (nSPS) is 8.77. The quantitative estimate of drug-likeness (QED) is 0.527. The number of benzene rings is 1. The maximum atomic E-state index is 10.5. The van der Waals surface area contributed by atoms with Crippen LogP contribution in [0.25, 0.3) is 0 Å². The van der Waals surface area contributed by atoms with Crippen LogP contribution in [0.3, 0.4) is 0 Å². The number of carboxylic acids is 1. The highest BCUT2D eigenvalue weighted by molar-refractivity contribution is 6.33. The van der Waals surface area contributed by atoms with E-state index in [1.54, 1.807) is 0 Å². The summed E-state index contributed by atoms with van der Waals surface area (Å²) < 4.78 is 0. The van der Waals surface area contributed by atoms with Gasteiger partial charge in [-0.05, 0) is 18.2 Å². The molecule has 0 aliphatic carbocycles. The van der Waals surface area contributed by atoms with Gasteiger partial charge >= 0.3 is 5.97 Å². The Labute approximate surface area is 86.1 Å². The highest BCUT2D eigenvalue weighted by Gasteiger charge is 2.05. The number of hydrogen-bond donors (Lipinski definition) is 3. The smallest absolute Gasteiger partial charge is 0.335 e. The number of nitrogens with two attached hydrogens (primary N) is 1.